The summed E-state index contributed by atoms with van der Waals surface area (Å²) in [7, 11) is 0. The number of hydrogen-bond acceptors (Lipinski definition) is 2. The molecule has 0 spiro atoms. The van der Waals surface area contributed by atoms with Gasteiger partial charge < -0.3 is 5.32 Å². The van der Waals surface area contributed by atoms with Crippen LogP contribution in [0, 0.1) is 11.3 Å². The zero-order valence-corrected chi connectivity index (χ0v) is 12.9. The average molecular weight is 356 g/mol. The average Bonchev–Trinajstić information content (AvgIpc) is 2.45. The standard InChI is InChI=1S/C14H9BrCl2N2/c15-11-5-6-12(14(17)13(11)16)19-8-10-3-1-9(7-18)2-4-10/h1-6,19H,8H2. The molecular weight excluding hydrogens is 347 g/mol. The van der Waals surface area contributed by atoms with E-state index in [1.165, 1.54) is 0 Å². The lowest BCUT2D eigenvalue weighted by Crippen LogP contribution is -2.00. The summed E-state index contributed by atoms with van der Waals surface area (Å²) in [5, 5.41) is 12.9. The lowest BCUT2D eigenvalue weighted by molar-refractivity contribution is 1.15. The Hall–Kier alpha value is -1.21. The van der Waals surface area contributed by atoms with Gasteiger partial charge in [-0.15, -0.1) is 0 Å². The van der Waals surface area contributed by atoms with Crippen LogP contribution in [0.4, 0.5) is 5.69 Å². The Morgan fingerprint density at radius 2 is 1.74 bits per heavy atom. The molecule has 0 fully saturated rings. The van der Waals surface area contributed by atoms with Gasteiger partial charge in [0.05, 0.1) is 27.4 Å². The molecule has 2 aromatic carbocycles. The van der Waals surface area contributed by atoms with Gasteiger partial charge >= 0.3 is 0 Å². The van der Waals surface area contributed by atoms with E-state index in [9.17, 15) is 0 Å². The number of benzene rings is 2. The van der Waals surface area contributed by atoms with Gasteiger partial charge in [-0.25, -0.2) is 0 Å². The van der Waals surface area contributed by atoms with E-state index in [2.05, 4.69) is 27.3 Å². The lowest BCUT2D eigenvalue weighted by atomic mass is 10.1. The number of nitrogens with zero attached hydrogens (tertiary/aromatic N) is 1. The molecule has 0 aliphatic carbocycles. The van der Waals surface area contributed by atoms with Gasteiger partial charge in [0, 0.05) is 11.0 Å². The van der Waals surface area contributed by atoms with Crippen molar-refractivity contribution in [1.82, 2.24) is 0 Å². The Morgan fingerprint density at radius 1 is 1.05 bits per heavy atom. The monoisotopic (exact) mass is 354 g/mol. The number of nitrogens with one attached hydrogen (secondary N) is 1. The maximum Gasteiger partial charge on any atom is 0.0991 e. The summed E-state index contributed by atoms with van der Waals surface area (Å²) in [6.07, 6.45) is 0. The molecular formula is C14H9BrCl2N2. The maximum absolute atomic E-state index is 8.73. The highest BCUT2D eigenvalue weighted by molar-refractivity contribution is 9.10. The molecule has 2 rings (SSSR count). The van der Waals surface area contributed by atoms with Crippen LogP contribution in [0.5, 0.6) is 0 Å². The highest BCUT2D eigenvalue weighted by atomic mass is 79.9. The molecule has 0 unspecified atom stereocenters. The largest absolute Gasteiger partial charge is 0.380 e. The fourth-order valence-corrected chi connectivity index (χ4v) is 2.40. The molecule has 0 heterocycles. The van der Waals surface area contributed by atoms with Crippen molar-refractivity contribution >= 4 is 44.8 Å². The van der Waals surface area contributed by atoms with Crippen molar-refractivity contribution in [1.29, 1.82) is 5.26 Å². The van der Waals surface area contributed by atoms with Crippen molar-refractivity contribution in [2.24, 2.45) is 0 Å². The molecule has 0 saturated heterocycles. The number of hydrogen-bond donors (Lipinski definition) is 1. The molecule has 0 saturated carbocycles. The highest BCUT2D eigenvalue weighted by Gasteiger charge is 2.07. The summed E-state index contributed by atoms with van der Waals surface area (Å²) in [6.45, 7) is 0.614. The third kappa shape index (κ3) is 3.42. The van der Waals surface area contributed by atoms with Gasteiger partial charge in [0.15, 0.2) is 0 Å². The zero-order chi connectivity index (χ0) is 13.8. The summed E-state index contributed by atoms with van der Waals surface area (Å²) in [6, 6.07) is 13.2. The Labute approximate surface area is 130 Å². The van der Waals surface area contributed by atoms with E-state index in [0.717, 1.165) is 15.7 Å². The second kappa shape index (κ2) is 6.29. The van der Waals surface area contributed by atoms with Crippen molar-refractivity contribution in [2.75, 3.05) is 5.32 Å². The second-order valence-corrected chi connectivity index (χ2v) is 5.50. The molecule has 0 radical (unpaired) electrons. The van der Waals surface area contributed by atoms with Gasteiger partial charge in [-0.1, -0.05) is 35.3 Å². The number of rotatable bonds is 3. The molecule has 0 aromatic heterocycles. The smallest absolute Gasteiger partial charge is 0.0991 e. The number of anilines is 1. The van der Waals surface area contributed by atoms with E-state index in [0.29, 0.717) is 22.2 Å². The van der Waals surface area contributed by atoms with Crippen molar-refractivity contribution in [3.05, 3.63) is 62.0 Å². The van der Waals surface area contributed by atoms with E-state index >= 15 is 0 Å². The second-order valence-electron chi connectivity index (χ2n) is 3.89. The van der Waals surface area contributed by atoms with Crippen LogP contribution in [0.1, 0.15) is 11.1 Å². The van der Waals surface area contributed by atoms with Crippen molar-refractivity contribution in [2.45, 2.75) is 6.54 Å². The van der Waals surface area contributed by atoms with Gasteiger partial charge in [0.2, 0.25) is 0 Å². The van der Waals surface area contributed by atoms with E-state index in [1.807, 2.05) is 24.3 Å². The Balaban J connectivity index is 2.10. The summed E-state index contributed by atoms with van der Waals surface area (Å²) in [5.41, 5.74) is 2.49. The van der Waals surface area contributed by atoms with Gasteiger partial charge in [-0.3, -0.25) is 0 Å². The molecule has 0 bridgehead atoms. The van der Waals surface area contributed by atoms with Gasteiger partial charge in [-0.2, -0.15) is 5.26 Å². The normalized spacial score (nSPS) is 10.0. The molecule has 19 heavy (non-hydrogen) atoms. The predicted molar refractivity (Wildman–Crippen MR) is 82.6 cm³/mol. The molecule has 0 aliphatic rings. The first-order valence-corrected chi connectivity index (χ1v) is 7.03. The predicted octanol–water partition coefficient (Wildman–Crippen LogP) is 5.24. The molecule has 0 aliphatic heterocycles. The Kier molecular flexibility index (Phi) is 4.71. The van der Waals surface area contributed by atoms with Crippen LogP contribution in [-0.2, 0) is 6.54 Å². The Bertz CT molecular complexity index is 633. The van der Waals surface area contributed by atoms with Gasteiger partial charge in [-0.05, 0) is 45.8 Å². The minimum Gasteiger partial charge on any atom is -0.380 e. The summed E-state index contributed by atoms with van der Waals surface area (Å²) in [5.74, 6) is 0. The molecule has 96 valence electrons. The van der Waals surface area contributed by atoms with Crippen LogP contribution in [-0.4, -0.2) is 0 Å². The first-order valence-electron chi connectivity index (χ1n) is 5.48. The summed E-state index contributed by atoms with van der Waals surface area (Å²) in [4.78, 5) is 0. The van der Waals surface area contributed by atoms with Crippen LogP contribution < -0.4 is 5.32 Å². The minimum absolute atomic E-state index is 0.490. The van der Waals surface area contributed by atoms with E-state index < -0.39 is 0 Å². The fourth-order valence-electron chi connectivity index (χ4n) is 1.56. The van der Waals surface area contributed by atoms with Crippen LogP contribution in [0.3, 0.4) is 0 Å². The zero-order valence-electron chi connectivity index (χ0n) is 9.75. The molecule has 5 heteroatoms. The molecule has 2 nitrogen and oxygen atoms in total. The third-order valence-electron chi connectivity index (χ3n) is 2.60. The van der Waals surface area contributed by atoms with E-state index in [-0.39, 0.29) is 0 Å². The quantitative estimate of drug-likeness (QED) is 0.764. The van der Waals surface area contributed by atoms with Crippen molar-refractivity contribution in [3.63, 3.8) is 0 Å². The summed E-state index contributed by atoms with van der Waals surface area (Å²) < 4.78 is 0.767. The fraction of sp³-hybridized carbons (Fsp3) is 0.0714. The maximum atomic E-state index is 8.73. The first kappa shape index (κ1) is 14.2. The van der Waals surface area contributed by atoms with E-state index in [1.54, 1.807) is 12.1 Å². The van der Waals surface area contributed by atoms with Crippen LogP contribution in [0.2, 0.25) is 10.0 Å². The lowest BCUT2D eigenvalue weighted by Gasteiger charge is -2.10. The van der Waals surface area contributed by atoms with Crippen LogP contribution in [0.25, 0.3) is 0 Å². The Morgan fingerprint density at radius 3 is 2.37 bits per heavy atom. The molecule has 0 amide bonds. The summed E-state index contributed by atoms with van der Waals surface area (Å²) >= 11 is 15.5. The topological polar surface area (TPSA) is 35.8 Å². The molecule has 0 atom stereocenters. The highest BCUT2D eigenvalue weighted by Crippen LogP contribution is 2.35. The minimum atomic E-state index is 0.490. The molecule has 2 aromatic rings. The number of nitriles is 1. The third-order valence-corrected chi connectivity index (χ3v) is 4.37. The van der Waals surface area contributed by atoms with Gasteiger partial charge in [0.25, 0.3) is 0 Å². The molecule has 1 N–H and O–H groups in total. The first-order chi connectivity index (χ1) is 9.11. The number of halogens is 3. The SMILES string of the molecule is N#Cc1ccc(CNc2ccc(Br)c(Cl)c2Cl)cc1. The van der Waals surface area contributed by atoms with E-state index in [4.69, 9.17) is 28.5 Å². The van der Waals surface area contributed by atoms with Crippen molar-refractivity contribution in [3.8, 4) is 6.07 Å². The van der Waals surface area contributed by atoms with Crippen molar-refractivity contribution < 1.29 is 0 Å². The van der Waals surface area contributed by atoms with Crippen LogP contribution in [0.15, 0.2) is 40.9 Å². The van der Waals surface area contributed by atoms with Crippen LogP contribution >= 0.6 is 39.1 Å². The van der Waals surface area contributed by atoms with Gasteiger partial charge in [0.1, 0.15) is 0 Å².